The first-order valence-electron chi connectivity index (χ1n) is 6.68. The van der Waals surface area contributed by atoms with Crippen molar-refractivity contribution < 1.29 is 13.7 Å². The summed E-state index contributed by atoms with van der Waals surface area (Å²) in [6.07, 6.45) is 1.66. The van der Waals surface area contributed by atoms with Crippen LogP contribution in [0.3, 0.4) is 0 Å². The Hall–Kier alpha value is -2.53. The van der Waals surface area contributed by atoms with E-state index in [1.165, 1.54) is 0 Å². The van der Waals surface area contributed by atoms with Crippen molar-refractivity contribution in [2.24, 2.45) is 0 Å². The van der Waals surface area contributed by atoms with Gasteiger partial charge < -0.3 is 19.0 Å². The number of nitrogens with zero attached hydrogens (tertiary/aromatic N) is 1. The predicted octanol–water partition coefficient (Wildman–Crippen LogP) is 3.23. The van der Waals surface area contributed by atoms with Crippen molar-refractivity contribution in [3.8, 4) is 17.1 Å². The van der Waals surface area contributed by atoms with Crippen molar-refractivity contribution >= 4 is 0 Å². The molecule has 5 heteroatoms. The third kappa shape index (κ3) is 3.32. The molecule has 2 heterocycles. The number of benzene rings is 1. The van der Waals surface area contributed by atoms with Gasteiger partial charge in [-0.05, 0) is 36.4 Å². The molecular weight excluding hydrogens is 268 g/mol. The van der Waals surface area contributed by atoms with E-state index >= 15 is 0 Å². The molecule has 3 rings (SSSR count). The van der Waals surface area contributed by atoms with E-state index in [4.69, 9.17) is 13.7 Å². The molecule has 1 N–H and O–H groups in total. The summed E-state index contributed by atoms with van der Waals surface area (Å²) in [4.78, 5) is 0. The molecule has 108 valence electrons. The van der Waals surface area contributed by atoms with Crippen molar-refractivity contribution in [2.45, 2.75) is 13.1 Å². The van der Waals surface area contributed by atoms with Gasteiger partial charge in [0.15, 0.2) is 5.76 Å². The fourth-order valence-corrected chi connectivity index (χ4v) is 2.01. The lowest BCUT2D eigenvalue weighted by Crippen LogP contribution is -2.12. The van der Waals surface area contributed by atoms with E-state index in [2.05, 4.69) is 10.5 Å². The summed E-state index contributed by atoms with van der Waals surface area (Å²) in [5.41, 5.74) is 1.83. The molecule has 0 amide bonds. The third-order valence-corrected chi connectivity index (χ3v) is 3.12. The maximum atomic E-state index is 5.36. The molecule has 0 aliphatic heterocycles. The summed E-state index contributed by atoms with van der Waals surface area (Å²) >= 11 is 0. The number of rotatable bonds is 6. The van der Waals surface area contributed by atoms with Crippen LogP contribution in [0.4, 0.5) is 0 Å². The van der Waals surface area contributed by atoms with E-state index in [9.17, 15) is 0 Å². The molecule has 0 fully saturated rings. The number of furan rings is 1. The molecule has 0 spiro atoms. The molecule has 0 saturated carbocycles. The molecule has 0 atom stereocenters. The molecular formula is C16H16N2O3. The van der Waals surface area contributed by atoms with Crippen LogP contribution in [-0.2, 0) is 13.1 Å². The number of hydrogen-bond donors (Lipinski definition) is 1. The van der Waals surface area contributed by atoms with E-state index in [-0.39, 0.29) is 0 Å². The van der Waals surface area contributed by atoms with Gasteiger partial charge in [-0.25, -0.2) is 0 Å². The number of hydrogen-bond acceptors (Lipinski definition) is 5. The minimum absolute atomic E-state index is 0.625. The Balaban J connectivity index is 1.60. The van der Waals surface area contributed by atoms with Gasteiger partial charge in [-0.3, -0.25) is 0 Å². The Morgan fingerprint density at radius 2 is 2.00 bits per heavy atom. The maximum absolute atomic E-state index is 5.36. The van der Waals surface area contributed by atoms with Crippen LogP contribution in [-0.4, -0.2) is 12.3 Å². The summed E-state index contributed by atoms with van der Waals surface area (Å²) in [7, 11) is 1.65. The van der Waals surface area contributed by atoms with Crippen molar-refractivity contribution in [3.05, 3.63) is 60.2 Å². The average Bonchev–Trinajstić information content (AvgIpc) is 3.19. The van der Waals surface area contributed by atoms with E-state index in [0.29, 0.717) is 13.1 Å². The van der Waals surface area contributed by atoms with Crippen LogP contribution in [0.2, 0.25) is 0 Å². The minimum atomic E-state index is 0.625. The summed E-state index contributed by atoms with van der Waals surface area (Å²) in [5, 5.41) is 7.31. The zero-order valence-electron chi connectivity index (χ0n) is 11.7. The molecule has 0 radical (unpaired) electrons. The molecule has 0 unspecified atom stereocenters. The summed E-state index contributed by atoms with van der Waals surface area (Å²) in [6, 6.07) is 13.4. The average molecular weight is 284 g/mol. The normalized spacial score (nSPS) is 10.7. The number of methoxy groups -OCH3 is 1. The first kappa shape index (κ1) is 13.5. The van der Waals surface area contributed by atoms with Crippen molar-refractivity contribution in [3.63, 3.8) is 0 Å². The van der Waals surface area contributed by atoms with E-state index in [0.717, 1.165) is 28.5 Å². The highest BCUT2D eigenvalue weighted by molar-refractivity contribution is 5.58. The fourth-order valence-electron chi connectivity index (χ4n) is 2.01. The number of aromatic nitrogens is 1. The Kier molecular flexibility index (Phi) is 4.02. The standard InChI is InChI=1S/C16H16N2O3/c1-19-14-6-4-12(5-7-14)16-9-13(18-21-16)10-17-11-15-3-2-8-20-15/h2-9,17H,10-11H2,1H3. The van der Waals surface area contributed by atoms with Gasteiger partial charge in [-0.2, -0.15) is 0 Å². The Labute approximate surface area is 122 Å². The highest BCUT2D eigenvalue weighted by Gasteiger charge is 2.07. The predicted molar refractivity (Wildman–Crippen MR) is 77.7 cm³/mol. The van der Waals surface area contributed by atoms with Crippen LogP contribution in [0.5, 0.6) is 5.75 Å². The van der Waals surface area contributed by atoms with Crippen LogP contribution in [0.25, 0.3) is 11.3 Å². The van der Waals surface area contributed by atoms with Gasteiger partial charge in [0.1, 0.15) is 11.5 Å². The summed E-state index contributed by atoms with van der Waals surface area (Å²) in [6.45, 7) is 1.29. The zero-order valence-corrected chi connectivity index (χ0v) is 11.7. The van der Waals surface area contributed by atoms with Gasteiger partial charge in [0.25, 0.3) is 0 Å². The SMILES string of the molecule is COc1ccc(-c2cc(CNCc3ccco3)no2)cc1. The Bertz CT molecular complexity index is 672. The monoisotopic (exact) mass is 284 g/mol. The molecule has 21 heavy (non-hydrogen) atoms. The topological polar surface area (TPSA) is 60.4 Å². The second-order valence-electron chi connectivity index (χ2n) is 4.59. The van der Waals surface area contributed by atoms with Gasteiger partial charge in [-0.15, -0.1) is 0 Å². The zero-order chi connectivity index (χ0) is 14.5. The molecule has 0 saturated heterocycles. The molecule has 0 bridgehead atoms. The van der Waals surface area contributed by atoms with Crippen LogP contribution < -0.4 is 10.1 Å². The molecule has 5 nitrogen and oxygen atoms in total. The quantitative estimate of drug-likeness (QED) is 0.753. The highest BCUT2D eigenvalue weighted by Crippen LogP contribution is 2.23. The van der Waals surface area contributed by atoms with Crippen molar-refractivity contribution in [1.29, 1.82) is 0 Å². The molecule has 0 aliphatic carbocycles. The first-order valence-corrected chi connectivity index (χ1v) is 6.68. The van der Waals surface area contributed by atoms with Crippen molar-refractivity contribution in [1.82, 2.24) is 10.5 Å². The lowest BCUT2D eigenvalue weighted by molar-refractivity contribution is 0.413. The smallest absolute Gasteiger partial charge is 0.167 e. The first-order chi connectivity index (χ1) is 10.3. The van der Waals surface area contributed by atoms with Crippen molar-refractivity contribution in [2.75, 3.05) is 7.11 Å². The number of nitrogens with one attached hydrogen (secondary N) is 1. The van der Waals surface area contributed by atoms with E-state index < -0.39 is 0 Å². The van der Waals surface area contributed by atoms with Gasteiger partial charge in [-0.1, -0.05) is 5.16 Å². The number of ether oxygens (including phenoxy) is 1. The van der Waals surface area contributed by atoms with E-state index in [1.807, 2.05) is 42.5 Å². The summed E-state index contributed by atoms with van der Waals surface area (Å²) < 4.78 is 15.7. The van der Waals surface area contributed by atoms with Gasteiger partial charge in [0, 0.05) is 18.2 Å². The Morgan fingerprint density at radius 3 is 2.71 bits per heavy atom. The lowest BCUT2D eigenvalue weighted by Gasteiger charge is -1.99. The van der Waals surface area contributed by atoms with Crippen LogP contribution in [0.1, 0.15) is 11.5 Å². The van der Waals surface area contributed by atoms with Crippen LogP contribution >= 0.6 is 0 Å². The third-order valence-electron chi connectivity index (χ3n) is 3.12. The van der Waals surface area contributed by atoms with E-state index in [1.54, 1.807) is 13.4 Å². The molecule has 2 aromatic heterocycles. The largest absolute Gasteiger partial charge is 0.497 e. The van der Waals surface area contributed by atoms with Gasteiger partial charge in [0.2, 0.25) is 0 Å². The lowest BCUT2D eigenvalue weighted by atomic mass is 10.1. The minimum Gasteiger partial charge on any atom is -0.497 e. The van der Waals surface area contributed by atoms with Crippen LogP contribution in [0.15, 0.2) is 57.7 Å². The second kappa shape index (κ2) is 6.28. The fraction of sp³-hybridized carbons (Fsp3) is 0.188. The van der Waals surface area contributed by atoms with Crippen LogP contribution in [0, 0.1) is 0 Å². The maximum Gasteiger partial charge on any atom is 0.167 e. The molecule has 3 aromatic rings. The summed E-state index contributed by atoms with van der Waals surface area (Å²) in [5.74, 6) is 2.46. The molecule has 1 aromatic carbocycles. The van der Waals surface area contributed by atoms with Gasteiger partial charge >= 0.3 is 0 Å². The highest BCUT2D eigenvalue weighted by atomic mass is 16.5. The van der Waals surface area contributed by atoms with Gasteiger partial charge in [0.05, 0.1) is 25.6 Å². The second-order valence-corrected chi connectivity index (χ2v) is 4.59. The molecule has 0 aliphatic rings. The Morgan fingerprint density at radius 1 is 1.14 bits per heavy atom.